The fraction of sp³-hybridized carbons (Fsp3) is 0.294. The number of anilines is 1. The van der Waals surface area contributed by atoms with Crippen LogP contribution in [0.5, 0.6) is 0 Å². The monoisotopic (exact) mass is 383 g/mol. The van der Waals surface area contributed by atoms with Gasteiger partial charge in [-0.25, -0.2) is 4.39 Å². The summed E-state index contributed by atoms with van der Waals surface area (Å²) in [5.74, 6) is -1.24. The lowest BCUT2D eigenvalue weighted by Gasteiger charge is -2.18. The second kappa shape index (κ2) is 7.51. The Kier molecular flexibility index (Phi) is 5.82. The number of nitrogens with two attached hydrogens (primary N) is 1. The third-order valence-corrected chi connectivity index (χ3v) is 4.71. The summed E-state index contributed by atoms with van der Waals surface area (Å²) in [4.78, 5) is 25.0. The maximum atomic E-state index is 13.1. The van der Waals surface area contributed by atoms with Gasteiger partial charge in [-0.15, -0.1) is 11.3 Å². The number of amides is 2. The van der Waals surface area contributed by atoms with Crippen molar-refractivity contribution in [3.05, 3.63) is 51.1 Å². The SMILES string of the molecule is Cc1cc(NC(=O)c2ccc(F)cc2Cl)sc1C(=O)NCC(C)(C)N. The molecule has 0 radical (unpaired) electrons. The molecule has 1 heterocycles. The highest BCUT2D eigenvalue weighted by Gasteiger charge is 2.19. The topological polar surface area (TPSA) is 84.2 Å². The third-order valence-electron chi connectivity index (χ3n) is 3.24. The van der Waals surface area contributed by atoms with Crippen molar-refractivity contribution < 1.29 is 14.0 Å². The fourth-order valence-corrected chi connectivity index (χ4v) is 3.25. The summed E-state index contributed by atoms with van der Waals surface area (Å²) >= 11 is 7.04. The van der Waals surface area contributed by atoms with Gasteiger partial charge in [0.25, 0.3) is 11.8 Å². The summed E-state index contributed by atoms with van der Waals surface area (Å²) in [6, 6.07) is 5.24. The average molecular weight is 384 g/mol. The van der Waals surface area contributed by atoms with Gasteiger partial charge in [0.05, 0.1) is 20.5 Å². The number of thiophene rings is 1. The first kappa shape index (κ1) is 19.4. The summed E-state index contributed by atoms with van der Waals surface area (Å²) in [7, 11) is 0. The summed E-state index contributed by atoms with van der Waals surface area (Å²) in [6.07, 6.45) is 0. The van der Waals surface area contributed by atoms with Crippen molar-refractivity contribution in [3.8, 4) is 0 Å². The minimum absolute atomic E-state index is 0.0221. The highest BCUT2D eigenvalue weighted by molar-refractivity contribution is 7.18. The Bertz CT molecular complexity index is 815. The number of nitrogens with one attached hydrogen (secondary N) is 2. The van der Waals surface area contributed by atoms with Gasteiger partial charge in [0.15, 0.2) is 0 Å². The van der Waals surface area contributed by atoms with Crippen LogP contribution in [0.4, 0.5) is 9.39 Å². The van der Waals surface area contributed by atoms with E-state index in [-0.39, 0.29) is 16.5 Å². The second-order valence-corrected chi connectivity index (χ2v) is 7.83. The molecule has 4 N–H and O–H groups in total. The van der Waals surface area contributed by atoms with Crippen LogP contribution in [-0.2, 0) is 0 Å². The van der Waals surface area contributed by atoms with E-state index in [4.69, 9.17) is 17.3 Å². The highest BCUT2D eigenvalue weighted by atomic mass is 35.5. The molecule has 2 rings (SSSR count). The van der Waals surface area contributed by atoms with E-state index < -0.39 is 17.3 Å². The third kappa shape index (κ3) is 5.26. The predicted molar refractivity (Wildman–Crippen MR) is 99.0 cm³/mol. The number of carbonyl (C=O) groups excluding carboxylic acids is 2. The zero-order valence-electron chi connectivity index (χ0n) is 14.1. The molecule has 0 aliphatic carbocycles. The van der Waals surface area contributed by atoms with Crippen molar-refractivity contribution in [2.45, 2.75) is 26.3 Å². The predicted octanol–water partition coefficient (Wildman–Crippen LogP) is 3.57. The van der Waals surface area contributed by atoms with Crippen LogP contribution < -0.4 is 16.4 Å². The van der Waals surface area contributed by atoms with E-state index in [1.807, 2.05) is 13.8 Å². The van der Waals surface area contributed by atoms with E-state index in [1.54, 1.807) is 13.0 Å². The molecule has 0 bridgehead atoms. The number of aryl methyl sites for hydroxylation is 1. The Hall–Kier alpha value is -1.96. The van der Waals surface area contributed by atoms with Gasteiger partial charge < -0.3 is 16.4 Å². The van der Waals surface area contributed by atoms with Crippen LogP contribution in [-0.4, -0.2) is 23.9 Å². The van der Waals surface area contributed by atoms with Gasteiger partial charge in [-0.05, 0) is 50.6 Å². The molecule has 134 valence electrons. The van der Waals surface area contributed by atoms with Crippen molar-refractivity contribution in [3.63, 3.8) is 0 Å². The van der Waals surface area contributed by atoms with Gasteiger partial charge in [-0.1, -0.05) is 11.6 Å². The molecule has 0 spiro atoms. The van der Waals surface area contributed by atoms with Gasteiger partial charge in [-0.2, -0.15) is 0 Å². The van der Waals surface area contributed by atoms with Crippen LogP contribution in [0.25, 0.3) is 0 Å². The maximum Gasteiger partial charge on any atom is 0.261 e. The molecular formula is C17H19ClFN3O2S. The van der Waals surface area contributed by atoms with E-state index in [9.17, 15) is 14.0 Å². The van der Waals surface area contributed by atoms with Gasteiger partial charge >= 0.3 is 0 Å². The Balaban J connectivity index is 2.11. The van der Waals surface area contributed by atoms with E-state index >= 15 is 0 Å². The summed E-state index contributed by atoms with van der Waals surface area (Å²) in [6.45, 7) is 5.73. The normalized spacial score (nSPS) is 11.3. The minimum atomic E-state index is -0.518. The lowest BCUT2D eigenvalue weighted by Crippen LogP contribution is -2.45. The van der Waals surface area contributed by atoms with Gasteiger partial charge in [0, 0.05) is 12.1 Å². The van der Waals surface area contributed by atoms with E-state index in [1.165, 1.54) is 6.07 Å². The van der Waals surface area contributed by atoms with Crippen LogP contribution in [0.2, 0.25) is 5.02 Å². The number of rotatable bonds is 5. The molecule has 2 amide bonds. The molecule has 8 heteroatoms. The van der Waals surface area contributed by atoms with E-state index in [0.717, 1.165) is 29.0 Å². The number of benzene rings is 1. The van der Waals surface area contributed by atoms with Gasteiger partial charge in [0.2, 0.25) is 0 Å². The number of halogens is 2. The van der Waals surface area contributed by atoms with Crippen LogP contribution >= 0.6 is 22.9 Å². The first-order valence-electron chi connectivity index (χ1n) is 7.51. The quantitative estimate of drug-likeness (QED) is 0.737. The van der Waals surface area contributed by atoms with Crippen LogP contribution in [0.3, 0.4) is 0 Å². The van der Waals surface area contributed by atoms with E-state index in [2.05, 4.69) is 10.6 Å². The summed E-state index contributed by atoms with van der Waals surface area (Å²) in [5.41, 5.74) is 6.23. The molecule has 0 aliphatic heterocycles. The van der Waals surface area contributed by atoms with Crippen molar-refractivity contribution in [1.82, 2.24) is 5.32 Å². The Labute approximate surface area is 154 Å². The molecule has 25 heavy (non-hydrogen) atoms. The van der Waals surface area contributed by atoms with Crippen molar-refractivity contribution >= 4 is 39.8 Å². The molecule has 0 atom stereocenters. The van der Waals surface area contributed by atoms with Crippen molar-refractivity contribution in [1.29, 1.82) is 0 Å². The Morgan fingerprint density at radius 3 is 2.56 bits per heavy atom. The highest BCUT2D eigenvalue weighted by Crippen LogP contribution is 2.28. The lowest BCUT2D eigenvalue weighted by molar-refractivity contribution is 0.0948. The zero-order valence-corrected chi connectivity index (χ0v) is 15.6. The molecule has 0 unspecified atom stereocenters. The molecule has 0 aliphatic rings. The standard InChI is InChI=1S/C17H19ClFN3O2S/c1-9-6-13(25-14(9)16(24)21-8-17(2,3)20)22-15(23)11-5-4-10(19)7-12(11)18/h4-7H,8,20H2,1-3H3,(H,21,24)(H,22,23). The number of hydrogen-bond donors (Lipinski definition) is 3. The first-order valence-corrected chi connectivity index (χ1v) is 8.70. The van der Waals surface area contributed by atoms with Crippen molar-refractivity contribution in [2.75, 3.05) is 11.9 Å². The molecule has 0 fully saturated rings. The van der Waals surface area contributed by atoms with Crippen LogP contribution in [0.15, 0.2) is 24.3 Å². The minimum Gasteiger partial charge on any atom is -0.350 e. The molecule has 1 aromatic heterocycles. The fourth-order valence-electron chi connectivity index (χ4n) is 2.01. The molecule has 0 saturated heterocycles. The molecular weight excluding hydrogens is 365 g/mol. The molecule has 2 aromatic rings. The van der Waals surface area contributed by atoms with Crippen molar-refractivity contribution in [2.24, 2.45) is 5.73 Å². The average Bonchev–Trinajstić information content (AvgIpc) is 2.84. The molecule has 1 aromatic carbocycles. The lowest BCUT2D eigenvalue weighted by atomic mass is 10.1. The largest absolute Gasteiger partial charge is 0.350 e. The Morgan fingerprint density at radius 2 is 1.96 bits per heavy atom. The molecule has 0 saturated carbocycles. The van der Waals surface area contributed by atoms with E-state index in [0.29, 0.717) is 16.4 Å². The first-order chi connectivity index (χ1) is 11.6. The van der Waals surface area contributed by atoms with Crippen LogP contribution in [0, 0.1) is 12.7 Å². The maximum absolute atomic E-state index is 13.1. The smallest absolute Gasteiger partial charge is 0.261 e. The Morgan fingerprint density at radius 1 is 1.28 bits per heavy atom. The van der Waals surface area contributed by atoms with Gasteiger partial charge in [-0.3, -0.25) is 9.59 Å². The van der Waals surface area contributed by atoms with Gasteiger partial charge in [0.1, 0.15) is 5.82 Å². The number of carbonyl (C=O) groups is 2. The summed E-state index contributed by atoms with van der Waals surface area (Å²) in [5, 5.41) is 5.96. The molecule has 5 nitrogen and oxygen atoms in total. The number of hydrogen-bond acceptors (Lipinski definition) is 4. The summed E-state index contributed by atoms with van der Waals surface area (Å²) < 4.78 is 13.1. The second-order valence-electron chi connectivity index (χ2n) is 6.37. The zero-order chi connectivity index (χ0) is 18.8. The van der Waals surface area contributed by atoms with Crippen LogP contribution in [0.1, 0.15) is 39.4 Å².